The molecule has 0 aliphatic heterocycles. The smallest absolute Gasteiger partial charge is 0.307 e. The second kappa shape index (κ2) is 9.95. The standard InChI is InChI=1S/C19H23N3O5S/c1-14-5-6-17(12-15(14)2)28(25,26)22-9-7-18(23)27-11-10-21-19(24)16-4-3-8-20-13-16/h3-6,8,12-13,22H,7,9-11H2,1-2H3,(H,21,24). The molecule has 1 aromatic heterocycles. The summed E-state index contributed by atoms with van der Waals surface area (Å²) in [5.41, 5.74) is 2.28. The Balaban J connectivity index is 1.68. The number of sulfonamides is 1. The zero-order chi connectivity index (χ0) is 20.6. The first-order valence-electron chi connectivity index (χ1n) is 8.70. The van der Waals surface area contributed by atoms with Crippen LogP contribution in [0.3, 0.4) is 0 Å². The molecule has 28 heavy (non-hydrogen) atoms. The minimum absolute atomic E-state index is 0.00522. The van der Waals surface area contributed by atoms with Crippen LogP contribution in [0.2, 0.25) is 0 Å². The molecule has 8 nitrogen and oxygen atoms in total. The van der Waals surface area contributed by atoms with Gasteiger partial charge in [0.05, 0.1) is 23.4 Å². The Hall–Kier alpha value is -2.78. The zero-order valence-corrected chi connectivity index (χ0v) is 16.6. The van der Waals surface area contributed by atoms with E-state index in [1.165, 1.54) is 12.3 Å². The normalized spacial score (nSPS) is 11.1. The minimum atomic E-state index is -3.68. The average Bonchev–Trinajstić information content (AvgIpc) is 2.67. The van der Waals surface area contributed by atoms with E-state index in [-0.39, 0.29) is 36.9 Å². The van der Waals surface area contributed by atoms with Crippen LogP contribution in [0.5, 0.6) is 0 Å². The number of rotatable bonds is 9. The molecule has 0 saturated carbocycles. The molecular weight excluding hydrogens is 382 g/mol. The molecule has 0 atom stereocenters. The van der Waals surface area contributed by atoms with Gasteiger partial charge in [-0.25, -0.2) is 13.1 Å². The summed E-state index contributed by atoms with van der Waals surface area (Å²) < 4.78 is 31.8. The lowest BCUT2D eigenvalue weighted by molar-refractivity contribution is -0.143. The molecule has 9 heteroatoms. The summed E-state index contributed by atoms with van der Waals surface area (Å²) in [6, 6.07) is 8.11. The number of carbonyl (C=O) groups excluding carboxylic acids is 2. The Morgan fingerprint density at radius 3 is 2.57 bits per heavy atom. The van der Waals surface area contributed by atoms with Crippen molar-refractivity contribution in [3.63, 3.8) is 0 Å². The maximum Gasteiger partial charge on any atom is 0.307 e. The van der Waals surface area contributed by atoms with Crippen LogP contribution in [0.15, 0.2) is 47.6 Å². The number of esters is 1. The summed E-state index contributed by atoms with van der Waals surface area (Å²) in [5, 5.41) is 2.60. The Kier molecular flexibility index (Phi) is 7.65. The molecule has 0 aliphatic rings. The summed E-state index contributed by atoms with van der Waals surface area (Å²) in [5.74, 6) is -0.872. The third-order valence-electron chi connectivity index (χ3n) is 3.98. The van der Waals surface area contributed by atoms with Crippen molar-refractivity contribution >= 4 is 21.9 Å². The van der Waals surface area contributed by atoms with E-state index in [1.54, 1.807) is 30.5 Å². The van der Waals surface area contributed by atoms with Crippen molar-refractivity contribution in [1.29, 1.82) is 0 Å². The third-order valence-corrected chi connectivity index (χ3v) is 5.44. The van der Waals surface area contributed by atoms with Crippen molar-refractivity contribution in [3.8, 4) is 0 Å². The number of hydrogen-bond donors (Lipinski definition) is 2. The quantitative estimate of drug-likeness (QED) is 0.481. The highest BCUT2D eigenvalue weighted by Gasteiger charge is 2.15. The topological polar surface area (TPSA) is 114 Å². The van der Waals surface area contributed by atoms with E-state index in [0.29, 0.717) is 5.56 Å². The number of ether oxygens (including phenoxy) is 1. The first-order valence-corrected chi connectivity index (χ1v) is 10.2. The molecule has 0 fully saturated rings. The Morgan fingerprint density at radius 2 is 1.89 bits per heavy atom. The van der Waals surface area contributed by atoms with E-state index in [4.69, 9.17) is 4.74 Å². The van der Waals surface area contributed by atoms with Crippen molar-refractivity contribution in [2.45, 2.75) is 25.2 Å². The summed E-state index contributed by atoms with van der Waals surface area (Å²) in [6.07, 6.45) is 2.89. The molecule has 150 valence electrons. The van der Waals surface area contributed by atoms with E-state index in [1.807, 2.05) is 13.8 Å². The molecule has 0 aliphatic carbocycles. The lowest BCUT2D eigenvalue weighted by Gasteiger charge is -2.09. The van der Waals surface area contributed by atoms with Gasteiger partial charge in [0.25, 0.3) is 5.91 Å². The molecule has 1 aromatic carbocycles. The number of benzene rings is 1. The number of hydrogen-bond acceptors (Lipinski definition) is 6. The molecule has 0 bridgehead atoms. The predicted octanol–water partition coefficient (Wildman–Crippen LogP) is 1.34. The van der Waals surface area contributed by atoms with Gasteiger partial charge in [-0.3, -0.25) is 14.6 Å². The summed E-state index contributed by atoms with van der Waals surface area (Å²) in [7, 11) is -3.68. The van der Waals surface area contributed by atoms with Gasteiger partial charge in [0.15, 0.2) is 0 Å². The first kappa shape index (κ1) is 21.5. The molecule has 0 saturated heterocycles. The van der Waals surface area contributed by atoms with Crippen molar-refractivity contribution in [3.05, 3.63) is 59.4 Å². The van der Waals surface area contributed by atoms with Gasteiger partial charge in [0.1, 0.15) is 6.61 Å². The summed E-state index contributed by atoms with van der Waals surface area (Å²) in [6.45, 7) is 3.80. The van der Waals surface area contributed by atoms with Crippen LogP contribution in [0.4, 0.5) is 0 Å². The number of pyridine rings is 1. The van der Waals surface area contributed by atoms with E-state index < -0.39 is 16.0 Å². The maximum absolute atomic E-state index is 12.2. The zero-order valence-electron chi connectivity index (χ0n) is 15.8. The van der Waals surface area contributed by atoms with Crippen molar-refractivity contribution in [2.75, 3.05) is 19.7 Å². The number of nitrogens with one attached hydrogen (secondary N) is 2. The Bertz CT molecular complexity index is 930. The highest BCUT2D eigenvalue weighted by atomic mass is 32.2. The Labute approximate surface area is 164 Å². The lowest BCUT2D eigenvalue weighted by atomic mass is 10.1. The molecule has 2 aromatic rings. The van der Waals surface area contributed by atoms with E-state index in [0.717, 1.165) is 11.1 Å². The number of amides is 1. The molecule has 1 amide bonds. The molecular formula is C19H23N3O5S. The predicted molar refractivity (Wildman–Crippen MR) is 103 cm³/mol. The average molecular weight is 405 g/mol. The summed E-state index contributed by atoms with van der Waals surface area (Å²) in [4.78, 5) is 27.5. The van der Waals surface area contributed by atoms with Gasteiger partial charge in [-0.15, -0.1) is 0 Å². The van der Waals surface area contributed by atoms with E-state index in [9.17, 15) is 18.0 Å². The summed E-state index contributed by atoms with van der Waals surface area (Å²) >= 11 is 0. The monoisotopic (exact) mass is 405 g/mol. The van der Waals surface area contributed by atoms with Crippen molar-refractivity contribution < 1.29 is 22.7 Å². The van der Waals surface area contributed by atoms with Crippen LogP contribution < -0.4 is 10.0 Å². The van der Waals surface area contributed by atoms with Gasteiger partial charge in [-0.1, -0.05) is 6.07 Å². The van der Waals surface area contributed by atoms with Crippen LogP contribution >= 0.6 is 0 Å². The maximum atomic E-state index is 12.2. The van der Waals surface area contributed by atoms with Gasteiger partial charge in [0, 0.05) is 18.9 Å². The fraction of sp³-hybridized carbons (Fsp3) is 0.316. The number of aryl methyl sites for hydroxylation is 2. The fourth-order valence-electron chi connectivity index (χ4n) is 2.25. The van der Waals surface area contributed by atoms with Gasteiger partial charge in [-0.05, 0) is 49.2 Å². The van der Waals surface area contributed by atoms with Crippen molar-refractivity contribution in [2.24, 2.45) is 0 Å². The van der Waals surface area contributed by atoms with Crippen molar-refractivity contribution in [1.82, 2.24) is 15.0 Å². The largest absolute Gasteiger partial charge is 0.464 e. The molecule has 0 unspecified atom stereocenters. The molecule has 2 rings (SSSR count). The van der Waals surface area contributed by atoms with Crippen LogP contribution in [-0.2, 0) is 19.6 Å². The second-order valence-corrected chi connectivity index (χ2v) is 7.88. The highest BCUT2D eigenvalue weighted by Crippen LogP contribution is 2.14. The van der Waals surface area contributed by atoms with E-state index in [2.05, 4.69) is 15.0 Å². The van der Waals surface area contributed by atoms with Gasteiger partial charge in [-0.2, -0.15) is 0 Å². The second-order valence-electron chi connectivity index (χ2n) is 6.11. The van der Waals surface area contributed by atoms with Crippen LogP contribution in [-0.4, -0.2) is 45.0 Å². The Morgan fingerprint density at radius 1 is 1.11 bits per heavy atom. The van der Waals surface area contributed by atoms with Crippen LogP contribution in [0, 0.1) is 13.8 Å². The number of nitrogens with zero attached hydrogens (tertiary/aromatic N) is 1. The fourth-order valence-corrected chi connectivity index (χ4v) is 3.37. The minimum Gasteiger partial charge on any atom is -0.464 e. The number of aromatic nitrogens is 1. The number of carbonyl (C=O) groups is 2. The molecule has 0 radical (unpaired) electrons. The molecule has 0 spiro atoms. The van der Waals surface area contributed by atoms with Crippen LogP contribution in [0.1, 0.15) is 27.9 Å². The SMILES string of the molecule is Cc1ccc(S(=O)(=O)NCCC(=O)OCCNC(=O)c2cccnc2)cc1C. The first-order chi connectivity index (χ1) is 13.3. The molecule has 2 N–H and O–H groups in total. The highest BCUT2D eigenvalue weighted by molar-refractivity contribution is 7.89. The van der Waals surface area contributed by atoms with Gasteiger partial charge < -0.3 is 10.1 Å². The van der Waals surface area contributed by atoms with Crippen LogP contribution in [0.25, 0.3) is 0 Å². The lowest BCUT2D eigenvalue weighted by Crippen LogP contribution is -2.29. The van der Waals surface area contributed by atoms with Gasteiger partial charge in [0.2, 0.25) is 10.0 Å². The van der Waals surface area contributed by atoms with E-state index >= 15 is 0 Å². The third kappa shape index (κ3) is 6.43. The van der Waals surface area contributed by atoms with Gasteiger partial charge >= 0.3 is 5.97 Å². The molecule has 1 heterocycles.